The fraction of sp³-hybridized carbons (Fsp3) is 0.0714. The summed E-state index contributed by atoms with van der Waals surface area (Å²) >= 11 is 5.95. The van der Waals surface area contributed by atoms with Crippen molar-refractivity contribution in [1.82, 2.24) is 5.32 Å². The van der Waals surface area contributed by atoms with E-state index in [2.05, 4.69) is 5.32 Å². The molecule has 0 aliphatic rings. The molecule has 0 fully saturated rings. The van der Waals surface area contributed by atoms with Crippen molar-refractivity contribution in [3.05, 3.63) is 64.7 Å². The van der Waals surface area contributed by atoms with Gasteiger partial charge in [0.2, 0.25) is 0 Å². The molecule has 0 saturated heterocycles. The molecule has 3 nitrogen and oxygen atoms in total. The molecule has 18 heavy (non-hydrogen) atoms. The highest BCUT2D eigenvalue weighted by atomic mass is 35.5. The van der Waals surface area contributed by atoms with Gasteiger partial charge in [-0.3, -0.25) is 4.79 Å². The minimum absolute atomic E-state index is 0.205. The van der Waals surface area contributed by atoms with Crippen LogP contribution in [0.25, 0.3) is 0 Å². The Kier molecular flexibility index (Phi) is 3.85. The molecule has 1 amide bonds. The number of amides is 1. The second-order valence-corrected chi connectivity index (χ2v) is 4.27. The van der Waals surface area contributed by atoms with Crippen LogP contribution in [0.1, 0.15) is 15.9 Å². The lowest BCUT2D eigenvalue weighted by molar-refractivity contribution is 0.0951. The van der Waals surface area contributed by atoms with Crippen molar-refractivity contribution in [3.8, 4) is 0 Å². The monoisotopic (exact) mass is 260 g/mol. The molecule has 0 aliphatic carbocycles. The summed E-state index contributed by atoms with van der Waals surface area (Å²) in [6, 6.07) is 14.4. The van der Waals surface area contributed by atoms with Crippen LogP contribution in [0.4, 0.5) is 5.69 Å². The van der Waals surface area contributed by atoms with Crippen molar-refractivity contribution in [2.24, 2.45) is 0 Å². The van der Waals surface area contributed by atoms with E-state index in [9.17, 15) is 4.79 Å². The number of nitrogens with one attached hydrogen (secondary N) is 1. The van der Waals surface area contributed by atoms with Crippen LogP contribution in [0.3, 0.4) is 0 Å². The van der Waals surface area contributed by atoms with Crippen LogP contribution in [0, 0.1) is 0 Å². The maximum atomic E-state index is 11.9. The van der Waals surface area contributed by atoms with Crippen LogP contribution < -0.4 is 11.1 Å². The maximum absolute atomic E-state index is 11.9. The van der Waals surface area contributed by atoms with Gasteiger partial charge in [0.25, 0.3) is 5.91 Å². The van der Waals surface area contributed by atoms with Crippen LogP contribution in [0.5, 0.6) is 0 Å². The Morgan fingerprint density at radius 1 is 1.11 bits per heavy atom. The smallest absolute Gasteiger partial charge is 0.253 e. The Morgan fingerprint density at radius 3 is 2.50 bits per heavy atom. The van der Waals surface area contributed by atoms with Gasteiger partial charge in [0.05, 0.1) is 10.6 Å². The Morgan fingerprint density at radius 2 is 1.78 bits per heavy atom. The standard InChI is InChI=1S/C14H13ClN2O/c15-12-7-3-2-6-11(12)14(18)17-9-10-5-1-4-8-13(10)16/h1-8H,9,16H2,(H,17,18). The van der Waals surface area contributed by atoms with Gasteiger partial charge < -0.3 is 11.1 Å². The molecule has 3 N–H and O–H groups in total. The normalized spacial score (nSPS) is 10.1. The average Bonchev–Trinajstić information content (AvgIpc) is 2.38. The Hall–Kier alpha value is -2.00. The molecule has 0 bridgehead atoms. The van der Waals surface area contributed by atoms with E-state index < -0.39 is 0 Å². The zero-order valence-electron chi connectivity index (χ0n) is 9.69. The third-order valence-corrected chi connectivity index (χ3v) is 2.94. The quantitative estimate of drug-likeness (QED) is 0.834. The van der Waals surface area contributed by atoms with E-state index in [1.54, 1.807) is 30.3 Å². The number of carbonyl (C=O) groups excluding carboxylic acids is 1. The van der Waals surface area contributed by atoms with Gasteiger partial charge in [0, 0.05) is 12.2 Å². The van der Waals surface area contributed by atoms with Gasteiger partial charge in [-0.1, -0.05) is 41.9 Å². The third kappa shape index (κ3) is 2.81. The molecule has 2 aromatic rings. The minimum Gasteiger partial charge on any atom is -0.398 e. The highest BCUT2D eigenvalue weighted by Gasteiger charge is 2.09. The zero-order chi connectivity index (χ0) is 13.0. The highest BCUT2D eigenvalue weighted by Crippen LogP contribution is 2.15. The summed E-state index contributed by atoms with van der Waals surface area (Å²) in [5.74, 6) is -0.205. The number of hydrogen-bond donors (Lipinski definition) is 2. The Labute approximate surface area is 111 Å². The van der Waals surface area contributed by atoms with Crippen LogP contribution in [-0.4, -0.2) is 5.91 Å². The molecular weight excluding hydrogens is 248 g/mol. The van der Waals surface area contributed by atoms with Gasteiger partial charge in [0.15, 0.2) is 0 Å². The van der Waals surface area contributed by atoms with Gasteiger partial charge in [-0.2, -0.15) is 0 Å². The molecule has 0 heterocycles. The average molecular weight is 261 g/mol. The van der Waals surface area contributed by atoms with Crippen LogP contribution in [0.15, 0.2) is 48.5 Å². The molecule has 92 valence electrons. The van der Waals surface area contributed by atoms with Crippen LogP contribution >= 0.6 is 11.6 Å². The van der Waals surface area contributed by atoms with Crippen molar-refractivity contribution < 1.29 is 4.79 Å². The summed E-state index contributed by atoms with van der Waals surface area (Å²) in [5.41, 5.74) is 7.82. The van der Waals surface area contributed by atoms with E-state index in [0.29, 0.717) is 22.8 Å². The highest BCUT2D eigenvalue weighted by molar-refractivity contribution is 6.33. The van der Waals surface area contributed by atoms with Crippen molar-refractivity contribution in [1.29, 1.82) is 0 Å². The molecule has 0 aromatic heterocycles. The van der Waals surface area contributed by atoms with Crippen LogP contribution in [-0.2, 0) is 6.54 Å². The molecule has 2 rings (SSSR count). The minimum atomic E-state index is -0.205. The maximum Gasteiger partial charge on any atom is 0.253 e. The summed E-state index contributed by atoms with van der Waals surface area (Å²) in [6.07, 6.45) is 0. The third-order valence-electron chi connectivity index (χ3n) is 2.61. The number of benzene rings is 2. The van der Waals surface area contributed by atoms with E-state index in [0.717, 1.165) is 5.56 Å². The lowest BCUT2D eigenvalue weighted by atomic mass is 10.1. The summed E-state index contributed by atoms with van der Waals surface area (Å²) in [5, 5.41) is 3.23. The van der Waals surface area contributed by atoms with E-state index in [1.165, 1.54) is 0 Å². The summed E-state index contributed by atoms with van der Waals surface area (Å²) in [6.45, 7) is 0.386. The molecule has 0 saturated carbocycles. The second-order valence-electron chi connectivity index (χ2n) is 3.86. The molecule has 0 unspecified atom stereocenters. The number of anilines is 1. The van der Waals surface area contributed by atoms with Gasteiger partial charge in [-0.25, -0.2) is 0 Å². The summed E-state index contributed by atoms with van der Waals surface area (Å²) in [7, 11) is 0. The molecular formula is C14H13ClN2O. The molecule has 0 radical (unpaired) electrons. The van der Waals surface area contributed by atoms with Gasteiger partial charge in [0.1, 0.15) is 0 Å². The van der Waals surface area contributed by atoms with E-state index in [1.807, 2.05) is 18.2 Å². The topological polar surface area (TPSA) is 55.1 Å². The number of nitrogens with two attached hydrogens (primary N) is 1. The predicted molar refractivity (Wildman–Crippen MR) is 73.5 cm³/mol. The Bertz CT molecular complexity index is 569. The summed E-state index contributed by atoms with van der Waals surface area (Å²) in [4.78, 5) is 11.9. The number of rotatable bonds is 3. The fourth-order valence-electron chi connectivity index (χ4n) is 1.61. The van der Waals surface area contributed by atoms with Crippen LogP contribution in [0.2, 0.25) is 5.02 Å². The van der Waals surface area contributed by atoms with Gasteiger partial charge in [-0.15, -0.1) is 0 Å². The largest absolute Gasteiger partial charge is 0.398 e. The fourth-order valence-corrected chi connectivity index (χ4v) is 1.83. The first kappa shape index (κ1) is 12.5. The molecule has 4 heteroatoms. The van der Waals surface area contributed by atoms with Crippen molar-refractivity contribution in [2.75, 3.05) is 5.73 Å². The molecule has 0 aliphatic heterocycles. The number of hydrogen-bond acceptors (Lipinski definition) is 2. The van der Waals surface area contributed by atoms with E-state index >= 15 is 0 Å². The number of carbonyl (C=O) groups is 1. The van der Waals surface area contributed by atoms with Gasteiger partial charge in [-0.05, 0) is 23.8 Å². The number of nitrogen functional groups attached to an aromatic ring is 1. The van der Waals surface area contributed by atoms with E-state index in [4.69, 9.17) is 17.3 Å². The first-order chi connectivity index (χ1) is 8.68. The zero-order valence-corrected chi connectivity index (χ0v) is 10.4. The van der Waals surface area contributed by atoms with E-state index in [-0.39, 0.29) is 5.91 Å². The second kappa shape index (κ2) is 5.56. The van der Waals surface area contributed by atoms with Gasteiger partial charge >= 0.3 is 0 Å². The first-order valence-corrected chi connectivity index (χ1v) is 5.92. The van der Waals surface area contributed by atoms with Crippen molar-refractivity contribution in [3.63, 3.8) is 0 Å². The van der Waals surface area contributed by atoms with Crippen molar-refractivity contribution >= 4 is 23.2 Å². The predicted octanol–water partition coefficient (Wildman–Crippen LogP) is 2.85. The summed E-state index contributed by atoms with van der Waals surface area (Å²) < 4.78 is 0. The SMILES string of the molecule is Nc1ccccc1CNC(=O)c1ccccc1Cl. The molecule has 0 atom stereocenters. The molecule has 0 spiro atoms. The molecule has 2 aromatic carbocycles. The lowest BCUT2D eigenvalue weighted by Gasteiger charge is -2.08. The number of halogens is 1. The first-order valence-electron chi connectivity index (χ1n) is 5.54. The van der Waals surface area contributed by atoms with Crippen molar-refractivity contribution in [2.45, 2.75) is 6.54 Å². The Balaban J connectivity index is 2.06. The number of para-hydroxylation sites is 1. The lowest BCUT2D eigenvalue weighted by Crippen LogP contribution is -2.23.